The van der Waals surface area contributed by atoms with E-state index < -0.39 is 11.1 Å². The standard InChI is InChI=1S/C19H19N2O2S6/c1-18(2)19(3,4)21(23)13(20(18)22)10-5-6-11-12(9-10)27-16(26-11)17-28-14-15(29-17)25-8-7-24-14/h5-6,9H,7-8H2,1-4H3. The van der Waals surface area contributed by atoms with E-state index in [1.54, 1.807) is 23.5 Å². The Morgan fingerprint density at radius 2 is 1.48 bits per heavy atom. The summed E-state index contributed by atoms with van der Waals surface area (Å²) >= 11 is 11.3. The highest BCUT2D eigenvalue weighted by Crippen LogP contribution is 2.65. The highest BCUT2D eigenvalue weighted by Gasteiger charge is 2.60. The molecule has 1 radical (unpaired) electrons. The quantitative estimate of drug-likeness (QED) is 0.317. The number of nitrogens with zero attached hydrogens (tertiary/aromatic N) is 2. The molecule has 0 saturated carbocycles. The van der Waals surface area contributed by atoms with E-state index in [2.05, 4.69) is 0 Å². The monoisotopic (exact) mass is 499 g/mol. The van der Waals surface area contributed by atoms with Gasteiger partial charge in [0, 0.05) is 26.5 Å². The van der Waals surface area contributed by atoms with Crippen LogP contribution in [-0.4, -0.2) is 38.2 Å². The summed E-state index contributed by atoms with van der Waals surface area (Å²) < 4.78 is 6.44. The van der Waals surface area contributed by atoms with Crippen LogP contribution < -0.4 is 0 Å². The SMILES string of the molecule is CC1(C)N([O])C(c2ccc3c(c2)SC(=C2SC4=C(SCCS4)S2)S3)=[N+]([O-])C1(C)C. The highest BCUT2D eigenvalue weighted by molar-refractivity contribution is 8.42. The number of hydrogen-bond acceptors (Lipinski definition) is 8. The van der Waals surface area contributed by atoms with Crippen molar-refractivity contribution in [2.24, 2.45) is 0 Å². The first-order valence-electron chi connectivity index (χ1n) is 9.12. The largest absolute Gasteiger partial charge is 0.714 e. The van der Waals surface area contributed by atoms with Crippen molar-refractivity contribution in [2.45, 2.75) is 48.6 Å². The molecule has 0 unspecified atom stereocenters. The van der Waals surface area contributed by atoms with Gasteiger partial charge in [0.1, 0.15) is 5.54 Å². The van der Waals surface area contributed by atoms with Gasteiger partial charge < -0.3 is 5.21 Å². The molecule has 0 aliphatic carbocycles. The van der Waals surface area contributed by atoms with Crippen molar-refractivity contribution in [2.75, 3.05) is 11.5 Å². The van der Waals surface area contributed by atoms with Crippen molar-refractivity contribution >= 4 is 76.4 Å². The summed E-state index contributed by atoms with van der Waals surface area (Å²) in [5, 5.41) is 26.8. The summed E-state index contributed by atoms with van der Waals surface area (Å²) in [7, 11) is 0. The van der Waals surface area contributed by atoms with Gasteiger partial charge in [-0.1, -0.05) is 52.1 Å². The molecule has 0 N–H and O–H groups in total. The first-order valence-corrected chi connectivity index (χ1v) is 14.4. The molecule has 29 heavy (non-hydrogen) atoms. The number of rotatable bonds is 1. The van der Waals surface area contributed by atoms with Crippen molar-refractivity contribution < 1.29 is 9.95 Å². The number of benzene rings is 1. The second kappa shape index (κ2) is 7.28. The topological polar surface area (TPSA) is 49.2 Å². The molecular formula is C19H19N2O2S6. The summed E-state index contributed by atoms with van der Waals surface area (Å²) in [6.07, 6.45) is 0. The average molecular weight is 500 g/mol. The highest BCUT2D eigenvalue weighted by atomic mass is 32.3. The summed E-state index contributed by atoms with van der Waals surface area (Å²) in [5.41, 5.74) is -0.896. The Bertz CT molecular complexity index is 994. The van der Waals surface area contributed by atoms with E-state index in [1.165, 1.54) is 33.3 Å². The van der Waals surface area contributed by atoms with Crippen molar-refractivity contribution in [3.63, 3.8) is 0 Å². The third kappa shape index (κ3) is 3.20. The maximum Gasteiger partial charge on any atom is 0.316 e. The van der Waals surface area contributed by atoms with Gasteiger partial charge in [0.05, 0.1) is 22.5 Å². The van der Waals surface area contributed by atoms with Gasteiger partial charge in [0.2, 0.25) is 0 Å². The molecule has 5 rings (SSSR count). The van der Waals surface area contributed by atoms with Gasteiger partial charge >= 0.3 is 5.84 Å². The van der Waals surface area contributed by atoms with Gasteiger partial charge in [-0.2, -0.15) is 0 Å². The lowest BCUT2D eigenvalue weighted by atomic mass is 9.84. The number of amidine groups is 1. The van der Waals surface area contributed by atoms with Gasteiger partial charge in [-0.05, 0) is 45.9 Å². The Morgan fingerprint density at radius 3 is 2.07 bits per heavy atom. The van der Waals surface area contributed by atoms with Crippen LogP contribution >= 0.6 is 70.6 Å². The minimum absolute atomic E-state index is 0.212. The van der Waals surface area contributed by atoms with Gasteiger partial charge in [-0.25, -0.2) is 0 Å². The van der Waals surface area contributed by atoms with E-state index in [0.29, 0.717) is 5.56 Å². The Labute approximate surface area is 196 Å². The molecule has 0 saturated heterocycles. The average Bonchev–Trinajstić information content (AvgIpc) is 3.33. The Morgan fingerprint density at radius 1 is 0.897 bits per heavy atom. The lowest BCUT2D eigenvalue weighted by Crippen LogP contribution is -2.53. The lowest BCUT2D eigenvalue weighted by Gasteiger charge is -2.32. The second-order valence-corrected chi connectivity index (χ2v) is 15.3. The second-order valence-electron chi connectivity index (χ2n) is 7.95. The Balaban J connectivity index is 1.45. The van der Waals surface area contributed by atoms with Crippen LogP contribution in [0, 0.1) is 5.21 Å². The molecule has 4 heterocycles. The number of hydroxylamine groups is 3. The van der Waals surface area contributed by atoms with Crippen molar-refractivity contribution in [1.29, 1.82) is 0 Å². The summed E-state index contributed by atoms with van der Waals surface area (Å²) in [6, 6.07) is 5.96. The van der Waals surface area contributed by atoms with Crippen LogP contribution in [0.5, 0.6) is 0 Å². The van der Waals surface area contributed by atoms with Crippen LogP contribution in [-0.2, 0) is 5.21 Å². The maximum absolute atomic E-state index is 13.0. The fourth-order valence-corrected chi connectivity index (χ4v) is 12.0. The normalized spacial score (nSPS) is 25.2. The molecule has 0 spiro atoms. The molecule has 4 nitrogen and oxygen atoms in total. The van der Waals surface area contributed by atoms with Crippen molar-refractivity contribution in [3.8, 4) is 0 Å². The van der Waals surface area contributed by atoms with Crippen LogP contribution in [0.3, 0.4) is 0 Å². The van der Waals surface area contributed by atoms with E-state index >= 15 is 0 Å². The molecule has 0 aromatic heterocycles. The van der Waals surface area contributed by atoms with E-state index in [1.807, 2.05) is 92.9 Å². The first-order chi connectivity index (χ1) is 13.7. The van der Waals surface area contributed by atoms with Crippen molar-refractivity contribution in [1.82, 2.24) is 5.06 Å². The third-order valence-electron chi connectivity index (χ3n) is 5.76. The van der Waals surface area contributed by atoms with Crippen LogP contribution in [0.25, 0.3) is 0 Å². The van der Waals surface area contributed by atoms with Gasteiger partial charge in [-0.3, -0.25) is 4.74 Å². The van der Waals surface area contributed by atoms with Gasteiger partial charge in [-0.15, -0.1) is 23.5 Å². The molecule has 0 fully saturated rings. The molecule has 153 valence electrons. The number of thioether (sulfide) groups is 6. The minimum Gasteiger partial charge on any atom is -0.714 e. The molecule has 4 aliphatic heterocycles. The molecule has 1 aromatic carbocycles. The van der Waals surface area contributed by atoms with Gasteiger partial charge in [0.25, 0.3) is 0 Å². The van der Waals surface area contributed by atoms with E-state index in [4.69, 9.17) is 0 Å². The number of fused-ring (bicyclic) bond motifs is 1. The zero-order valence-corrected chi connectivity index (χ0v) is 21.2. The lowest BCUT2D eigenvalue weighted by molar-refractivity contribution is -0.539. The number of hydrogen-bond donors (Lipinski definition) is 0. The van der Waals surface area contributed by atoms with Crippen LogP contribution in [0.2, 0.25) is 0 Å². The van der Waals surface area contributed by atoms with Crippen molar-refractivity contribution in [3.05, 3.63) is 45.9 Å². The maximum atomic E-state index is 13.0. The first kappa shape index (κ1) is 20.9. The summed E-state index contributed by atoms with van der Waals surface area (Å²) in [4.78, 5) is 2.32. The Kier molecular flexibility index (Phi) is 5.25. The summed E-state index contributed by atoms with van der Waals surface area (Å²) in [5.74, 6) is 2.59. The third-order valence-corrected chi connectivity index (χ3v) is 14.6. The smallest absolute Gasteiger partial charge is 0.316 e. The fourth-order valence-electron chi connectivity index (χ4n) is 3.26. The molecule has 0 bridgehead atoms. The molecule has 0 amide bonds. The predicted octanol–water partition coefficient (Wildman–Crippen LogP) is 6.57. The molecule has 4 aliphatic rings. The zero-order valence-electron chi connectivity index (χ0n) is 16.3. The molecule has 10 heteroatoms. The van der Waals surface area contributed by atoms with E-state index in [0.717, 1.165) is 14.7 Å². The molecule has 1 aromatic rings. The van der Waals surface area contributed by atoms with Crippen LogP contribution in [0.15, 0.2) is 44.9 Å². The predicted molar refractivity (Wildman–Crippen MR) is 131 cm³/mol. The minimum atomic E-state index is -0.796. The molecule has 0 atom stereocenters. The van der Waals surface area contributed by atoms with Crippen LogP contribution in [0.1, 0.15) is 33.3 Å². The Hall–Kier alpha value is 0.0300. The van der Waals surface area contributed by atoms with E-state index in [9.17, 15) is 10.4 Å². The van der Waals surface area contributed by atoms with E-state index in [-0.39, 0.29) is 5.84 Å². The zero-order chi connectivity index (χ0) is 20.6. The van der Waals surface area contributed by atoms with Gasteiger partial charge in [0.15, 0.2) is 5.54 Å². The summed E-state index contributed by atoms with van der Waals surface area (Å²) in [6.45, 7) is 7.32. The molecular weight excluding hydrogens is 481 g/mol. The fraction of sp³-hybridized carbons (Fsp3) is 0.421. The van der Waals surface area contributed by atoms with Crippen LogP contribution in [0.4, 0.5) is 0 Å².